The summed E-state index contributed by atoms with van der Waals surface area (Å²) in [6.07, 6.45) is 0. The third-order valence-corrected chi connectivity index (χ3v) is 4.11. The molecule has 2 rings (SSSR count). The van der Waals surface area contributed by atoms with Crippen molar-refractivity contribution in [2.24, 2.45) is 5.92 Å². The fraction of sp³-hybridized carbons (Fsp3) is 0.429. The van der Waals surface area contributed by atoms with Gasteiger partial charge < -0.3 is 4.90 Å². The van der Waals surface area contributed by atoms with E-state index >= 15 is 0 Å². The number of carbonyl (C=O) groups excluding carboxylic acids is 1. The highest BCUT2D eigenvalue weighted by Crippen LogP contribution is 2.38. The van der Waals surface area contributed by atoms with Crippen molar-refractivity contribution >= 4 is 17.7 Å². The summed E-state index contributed by atoms with van der Waals surface area (Å²) in [5, 5.41) is 8.89. The molecular weight excluding hydrogens is 244 g/mol. The molecule has 1 heterocycles. The van der Waals surface area contributed by atoms with Crippen LogP contribution in [-0.4, -0.2) is 23.1 Å². The van der Waals surface area contributed by atoms with Gasteiger partial charge in [0.05, 0.1) is 17.4 Å². The summed E-state index contributed by atoms with van der Waals surface area (Å²) in [7, 11) is 0. The Bertz CT molecular complexity index is 476. The summed E-state index contributed by atoms with van der Waals surface area (Å²) in [6.45, 7) is 5.02. The Kier molecular flexibility index (Phi) is 3.93. The molecule has 0 spiro atoms. The van der Waals surface area contributed by atoms with Crippen LogP contribution < -0.4 is 0 Å². The molecule has 1 aliphatic heterocycles. The molecular formula is C14H16N2OS. The monoisotopic (exact) mass is 260 g/mol. The largest absolute Gasteiger partial charge is 0.326 e. The topological polar surface area (TPSA) is 44.1 Å². The van der Waals surface area contributed by atoms with Gasteiger partial charge in [0.1, 0.15) is 5.37 Å². The van der Waals surface area contributed by atoms with Crippen LogP contribution in [0.15, 0.2) is 24.3 Å². The van der Waals surface area contributed by atoms with Crippen molar-refractivity contribution in [2.45, 2.75) is 19.2 Å². The van der Waals surface area contributed by atoms with Gasteiger partial charge in [0.2, 0.25) is 5.91 Å². The smallest absolute Gasteiger partial charge is 0.233 e. The van der Waals surface area contributed by atoms with Gasteiger partial charge in [-0.25, -0.2) is 0 Å². The molecule has 0 aromatic heterocycles. The first-order chi connectivity index (χ1) is 8.61. The highest BCUT2D eigenvalue weighted by molar-refractivity contribution is 8.00. The number of rotatable bonds is 3. The molecule has 4 heteroatoms. The number of thioether (sulfide) groups is 1. The van der Waals surface area contributed by atoms with E-state index in [2.05, 4.69) is 19.9 Å². The first-order valence-electron chi connectivity index (χ1n) is 6.03. The minimum atomic E-state index is 0.104. The zero-order chi connectivity index (χ0) is 13.1. The zero-order valence-electron chi connectivity index (χ0n) is 10.6. The fourth-order valence-corrected chi connectivity index (χ4v) is 3.24. The van der Waals surface area contributed by atoms with Crippen LogP contribution in [0, 0.1) is 17.2 Å². The molecule has 1 atom stereocenters. The quantitative estimate of drug-likeness (QED) is 0.839. The molecule has 1 unspecified atom stereocenters. The van der Waals surface area contributed by atoms with Crippen LogP contribution >= 0.6 is 11.8 Å². The molecule has 0 bridgehead atoms. The summed E-state index contributed by atoms with van der Waals surface area (Å²) < 4.78 is 0. The Balaban J connectivity index is 2.20. The van der Waals surface area contributed by atoms with E-state index in [0.29, 0.717) is 17.2 Å². The molecule has 1 aromatic carbocycles. The Morgan fingerprint density at radius 3 is 2.67 bits per heavy atom. The molecule has 0 radical (unpaired) electrons. The molecule has 1 aliphatic rings. The van der Waals surface area contributed by atoms with Crippen molar-refractivity contribution < 1.29 is 4.79 Å². The minimum Gasteiger partial charge on any atom is -0.326 e. The highest BCUT2D eigenvalue weighted by Gasteiger charge is 2.32. The second kappa shape index (κ2) is 5.45. The van der Waals surface area contributed by atoms with Crippen LogP contribution in [0.3, 0.4) is 0 Å². The second-order valence-corrected chi connectivity index (χ2v) is 5.91. The Morgan fingerprint density at radius 1 is 1.44 bits per heavy atom. The van der Waals surface area contributed by atoms with Gasteiger partial charge in [-0.1, -0.05) is 26.0 Å². The van der Waals surface area contributed by atoms with E-state index in [1.54, 1.807) is 11.8 Å². The van der Waals surface area contributed by atoms with Gasteiger partial charge in [-0.2, -0.15) is 5.26 Å². The van der Waals surface area contributed by atoms with Crippen LogP contribution in [-0.2, 0) is 4.79 Å². The number of hydrogen-bond donors (Lipinski definition) is 0. The van der Waals surface area contributed by atoms with E-state index in [1.165, 1.54) is 0 Å². The average molecular weight is 260 g/mol. The summed E-state index contributed by atoms with van der Waals surface area (Å²) in [5.74, 6) is 1.23. The summed E-state index contributed by atoms with van der Waals surface area (Å²) >= 11 is 1.66. The third-order valence-electron chi connectivity index (χ3n) is 2.85. The van der Waals surface area contributed by atoms with Gasteiger partial charge in [-0.05, 0) is 23.6 Å². The van der Waals surface area contributed by atoms with E-state index < -0.39 is 0 Å². The molecule has 0 aliphatic carbocycles. The van der Waals surface area contributed by atoms with E-state index in [1.807, 2.05) is 29.2 Å². The first kappa shape index (κ1) is 13.0. The van der Waals surface area contributed by atoms with Gasteiger partial charge in [-0.15, -0.1) is 11.8 Å². The number of nitriles is 1. The third kappa shape index (κ3) is 2.68. The standard InChI is InChI=1S/C14H16N2OS/c1-10(2)8-16-13(17)9-18-14(16)12-5-3-11(7-15)4-6-12/h3-6,10,14H,8-9H2,1-2H3. The lowest BCUT2D eigenvalue weighted by Crippen LogP contribution is -2.31. The SMILES string of the molecule is CC(C)CN1C(=O)CSC1c1ccc(C#N)cc1. The van der Waals surface area contributed by atoms with E-state index in [9.17, 15) is 4.79 Å². The molecule has 18 heavy (non-hydrogen) atoms. The van der Waals surface area contributed by atoms with Gasteiger partial charge in [0, 0.05) is 6.54 Å². The minimum absolute atomic E-state index is 0.104. The fourth-order valence-electron chi connectivity index (χ4n) is 2.04. The molecule has 1 amide bonds. The van der Waals surface area contributed by atoms with Crippen molar-refractivity contribution in [3.63, 3.8) is 0 Å². The van der Waals surface area contributed by atoms with E-state index in [4.69, 9.17) is 5.26 Å². The van der Waals surface area contributed by atoms with Gasteiger partial charge >= 0.3 is 0 Å². The molecule has 1 saturated heterocycles. The van der Waals surface area contributed by atoms with Crippen LogP contribution in [0.25, 0.3) is 0 Å². The molecule has 0 N–H and O–H groups in total. The van der Waals surface area contributed by atoms with Gasteiger partial charge in [-0.3, -0.25) is 4.79 Å². The highest BCUT2D eigenvalue weighted by atomic mass is 32.2. The second-order valence-electron chi connectivity index (χ2n) is 4.84. The Morgan fingerprint density at radius 2 is 2.11 bits per heavy atom. The van der Waals surface area contributed by atoms with Crippen LogP contribution in [0.1, 0.15) is 30.3 Å². The number of nitrogens with zero attached hydrogens (tertiary/aromatic N) is 2. The van der Waals surface area contributed by atoms with Crippen molar-refractivity contribution in [3.05, 3.63) is 35.4 Å². The summed E-state index contributed by atoms with van der Waals surface area (Å²) in [6, 6.07) is 9.63. The lowest BCUT2D eigenvalue weighted by Gasteiger charge is -2.25. The number of amides is 1. The normalized spacial score (nSPS) is 19.3. The first-order valence-corrected chi connectivity index (χ1v) is 7.08. The zero-order valence-corrected chi connectivity index (χ0v) is 11.4. The summed E-state index contributed by atoms with van der Waals surface area (Å²) in [5.41, 5.74) is 1.76. The number of hydrogen-bond acceptors (Lipinski definition) is 3. The lowest BCUT2D eigenvalue weighted by molar-refractivity contribution is -0.128. The lowest BCUT2D eigenvalue weighted by atomic mass is 10.1. The maximum absolute atomic E-state index is 11.9. The molecule has 1 fully saturated rings. The van der Waals surface area contributed by atoms with E-state index in [-0.39, 0.29) is 11.3 Å². The van der Waals surface area contributed by atoms with Crippen molar-refractivity contribution in [3.8, 4) is 6.07 Å². The predicted octanol–water partition coefficient (Wildman–Crippen LogP) is 2.79. The van der Waals surface area contributed by atoms with Crippen LogP contribution in [0.4, 0.5) is 0 Å². The molecule has 3 nitrogen and oxygen atoms in total. The molecule has 0 saturated carbocycles. The number of carbonyl (C=O) groups is 1. The molecule has 1 aromatic rings. The summed E-state index contributed by atoms with van der Waals surface area (Å²) in [4.78, 5) is 13.8. The maximum Gasteiger partial charge on any atom is 0.233 e. The Labute approximate surface area is 112 Å². The van der Waals surface area contributed by atoms with Gasteiger partial charge in [0.25, 0.3) is 0 Å². The average Bonchev–Trinajstić information content (AvgIpc) is 2.71. The predicted molar refractivity (Wildman–Crippen MR) is 72.9 cm³/mol. The Hall–Kier alpha value is -1.47. The number of benzene rings is 1. The van der Waals surface area contributed by atoms with E-state index in [0.717, 1.165) is 12.1 Å². The molecule has 94 valence electrons. The van der Waals surface area contributed by atoms with Crippen LogP contribution in [0.5, 0.6) is 0 Å². The van der Waals surface area contributed by atoms with Crippen LogP contribution in [0.2, 0.25) is 0 Å². The van der Waals surface area contributed by atoms with Crippen molar-refractivity contribution in [1.29, 1.82) is 5.26 Å². The van der Waals surface area contributed by atoms with Crippen molar-refractivity contribution in [2.75, 3.05) is 12.3 Å². The van der Waals surface area contributed by atoms with Gasteiger partial charge in [0.15, 0.2) is 0 Å². The van der Waals surface area contributed by atoms with Crippen molar-refractivity contribution in [1.82, 2.24) is 4.90 Å². The maximum atomic E-state index is 11.9.